The quantitative estimate of drug-likeness (QED) is 0.582. The Balaban J connectivity index is 1.42. The number of aryl methyl sites for hydroxylation is 1. The molecule has 0 aliphatic rings. The van der Waals surface area contributed by atoms with Crippen LogP contribution >= 0.6 is 0 Å². The highest BCUT2D eigenvalue weighted by atomic mass is 16.5. The van der Waals surface area contributed by atoms with Crippen LogP contribution in [0.1, 0.15) is 11.3 Å². The first-order valence-electron chi connectivity index (χ1n) is 8.77. The van der Waals surface area contributed by atoms with E-state index in [0.29, 0.717) is 17.2 Å². The molecule has 0 fully saturated rings. The van der Waals surface area contributed by atoms with Crippen LogP contribution in [0.15, 0.2) is 71.3 Å². The highest BCUT2D eigenvalue weighted by molar-refractivity contribution is 5.94. The van der Waals surface area contributed by atoms with Gasteiger partial charge < -0.3 is 25.1 Å². The molecular weight excluding hydrogens is 358 g/mol. The average Bonchev–Trinajstić information content (AvgIpc) is 3.20. The number of nitrogens with one attached hydrogen (secondary N) is 3. The average molecular weight is 379 g/mol. The summed E-state index contributed by atoms with van der Waals surface area (Å²) in [5, 5.41) is 7.80. The summed E-state index contributed by atoms with van der Waals surface area (Å²) in [6, 6.07) is 17.8. The number of furan rings is 1. The Morgan fingerprint density at radius 2 is 1.79 bits per heavy atom. The molecule has 0 spiro atoms. The van der Waals surface area contributed by atoms with Crippen LogP contribution in [0.5, 0.6) is 11.5 Å². The summed E-state index contributed by atoms with van der Waals surface area (Å²) in [4.78, 5) is 23.6. The Morgan fingerprint density at radius 3 is 2.50 bits per heavy atom. The van der Waals surface area contributed by atoms with Gasteiger partial charge in [-0.1, -0.05) is 12.1 Å². The number of amides is 3. The van der Waals surface area contributed by atoms with Gasteiger partial charge in [0.2, 0.25) is 5.91 Å². The minimum absolute atomic E-state index is 0.147. The van der Waals surface area contributed by atoms with Crippen molar-refractivity contribution in [1.29, 1.82) is 0 Å². The van der Waals surface area contributed by atoms with Crippen LogP contribution in [0.3, 0.4) is 0 Å². The number of benzene rings is 2. The third-order valence-electron chi connectivity index (χ3n) is 3.78. The molecule has 0 atom stereocenters. The SMILES string of the molecule is Cc1cccc(Oc2ccc(NC(=O)CNC(=O)NCc3ccco3)cc2)c1. The number of anilines is 1. The highest BCUT2D eigenvalue weighted by Gasteiger charge is 2.07. The second kappa shape index (κ2) is 9.27. The van der Waals surface area contributed by atoms with Crippen LogP contribution in [-0.2, 0) is 11.3 Å². The van der Waals surface area contributed by atoms with Crippen molar-refractivity contribution in [2.75, 3.05) is 11.9 Å². The molecule has 3 N–H and O–H groups in total. The summed E-state index contributed by atoms with van der Waals surface area (Å²) < 4.78 is 10.9. The number of hydrogen-bond donors (Lipinski definition) is 3. The fourth-order valence-electron chi connectivity index (χ4n) is 2.43. The molecular formula is C21H21N3O4. The molecule has 0 aliphatic carbocycles. The molecule has 28 heavy (non-hydrogen) atoms. The lowest BCUT2D eigenvalue weighted by atomic mass is 10.2. The summed E-state index contributed by atoms with van der Waals surface area (Å²) in [6.07, 6.45) is 1.53. The first-order valence-corrected chi connectivity index (χ1v) is 8.77. The molecule has 0 bridgehead atoms. The number of hydrogen-bond acceptors (Lipinski definition) is 4. The molecule has 3 rings (SSSR count). The van der Waals surface area contributed by atoms with Crippen molar-refractivity contribution >= 4 is 17.6 Å². The fraction of sp³-hybridized carbons (Fsp3) is 0.143. The minimum atomic E-state index is -0.451. The Bertz CT molecular complexity index is 921. The number of ether oxygens (including phenoxy) is 1. The summed E-state index contributed by atoms with van der Waals surface area (Å²) in [6.45, 7) is 2.10. The van der Waals surface area contributed by atoms with Crippen LogP contribution in [0.25, 0.3) is 0 Å². The number of carbonyl (C=O) groups excluding carboxylic acids is 2. The van der Waals surface area contributed by atoms with Crippen molar-refractivity contribution in [3.05, 3.63) is 78.3 Å². The molecule has 0 radical (unpaired) electrons. The summed E-state index contributed by atoms with van der Waals surface area (Å²) >= 11 is 0. The van der Waals surface area contributed by atoms with Crippen LogP contribution in [0.4, 0.5) is 10.5 Å². The van der Waals surface area contributed by atoms with E-state index in [1.54, 1.807) is 36.4 Å². The van der Waals surface area contributed by atoms with Crippen molar-refractivity contribution in [3.63, 3.8) is 0 Å². The molecule has 7 heteroatoms. The number of carbonyl (C=O) groups is 2. The maximum Gasteiger partial charge on any atom is 0.315 e. The van der Waals surface area contributed by atoms with E-state index in [1.165, 1.54) is 6.26 Å². The van der Waals surface area contributed by atoms with Crippen molar-refractivity contribution in [3.8, 4) is 11.5 Å². The van der Waals surface area contributed by atoms with Gasteiger partial charge in [-0.25, -0.2) is 4.79 Å². The summed E-state index contributed by atoms with van der Waals surface area (Å²) in [7, 11) is 0. The minimum Gasteiger partial charge on any atom is -0.467 e. The summed E-state index contributed by atoms with van der Waals surface area (Å²) in [5.41, 5.74) is 1.72. The van der Waals surface area contributed by atoms with Gasteiger partial charge in [-0.05, 0) is 61.0 Å². The molecule has 144 valence electrons. The molecule has 3 amide bonds. The molecule has 7 nitrogen and oxygen atoms in total. The van der Waals surface area contributed by atoms with Gasteiger partial charge >= 0.3 is 6.03 Å². The molecule has 0 aliphatic heterocycles. The lowest BCUT2D eigenvalue weighted by molar-refractivity contribution is -0.115. The highest BCUT2D eigenvalue weighted by Crippen LogP contribution is 2.23. The normalized spacial score (nSPS) is 10.2. The van der Waals surface area contributed by atoms with Crippen molar-refractivity contribution in [2.45, 2.75) is 13.5 Å². The van der Waals surface area contributed by atoms with Gasteiger partial charge in [0.1, 0.15) is 17.3 Å². The van der Waals surface area contributed by atoms with Gasteiger partial charge in [0.25, 0.3) is 0 Å². The zero-order valence-corrected chi connectivity index (χ0v) is 15.4. The van der Waals surface area contributed by atoms with E-state index in [-0.39, 0.29) is 19.0 Å². The van der Waals surface area contributed by atoms with E-state index in [1.807, 2.05) is 31.2 Å². The van der Waals surface area contributed by atoms with Gasteiger partial charge in [0.05, 0.1) is 19.4 Å². The van der Waals surface area contributed by atoms with Crippen molar-refractivity contribution in [1.82, 2.24) is 10.6 Å². The number of urea groups is 1. The smallest absolute Gasteiger partial charge is 0.315 e. The second-order valence-electron chi connectivity index (χ2n) is 6.11. The van der Waals surface area contributed by atoms with Crippen LogP contribution in [0.2, 0.25) is 0 Å². The Hall–Kier alpha value is -3.74. The molecule has 0 saturated carbocycles. The van der Waals surface area contributed by atoms with Gasteiger partial charge in [0.15, 0.2) is 0 Å². The van der Waals surface area contributed by atoms with Gasteiger partial charge in [0, 0.05) is 5.69 Å². The van der Waals surface area contributed by atoms with Crippen LogP contribution in [-0.4, -0.2) is 18.5 Å². The van der Waals surface area contributed by atoms with Crippen molar-refractivity contribution < 1.29 is 18.7 Å². The van der Waals surface area contributed by atoms with Crippen LogP contribution in [0, 0.1) is 6.92 Å². The molecule has 2 aromatic carbocycles. The standard InChI is InChI=1S/C21H21N3O4/c1-15-4-2-5-18(12-15)28-17-9-7-16(8-10-17)24-20(25)14-23-21(26)22-13-19-6-3-11-27-19/h2-12H,13-14H2,1H3,(H,24,25)(H2,22,23,26). The molecule has 1 heterocycles. The molecule has 3 aromatic rings. The summed E-state index contributed by atoms with van der Waals surface area (Å²) in [5.74, 6) is 1.72. The maximum atomic E-state index is 12.0. The first kappa shape index (κ1) is 19.0. The van der Waals surface area contributed by atoms with Crippen LogP contribution < -0.4 is 20.7 Å². The van der Waals surface area contributed by atoms with Gasteiger partial charge in [-0.15, -0.1) is 0 Å². The van der Waals surface area contributed by atoms with Gasteiger partial charge in [-0.3, -0.25) is 4.79 Å². The molecule has 0 unspecified atom stereocenters. The maximum absolute atomic E-state index is 12.0. The van der Waals surface area contributed by atoms with Crippen molar-refractivity contribution in [2.24, 2.45) is 0 Å². The lowest BCUT2D eigenvalue weighted by Crippen LogP contribution is -2.39. The van der Waals surface area contributed by atoms with E-state index in [2.05, 4.69) is 16.0 Å². The topological polar surface area (TPSA) is 92.6 Å². The van der Waals surface area contributed by atoms with E-state index in [9.17, 15) is 9.59 Å². The van der Waals surface area contributed by atoms with E-state index in [4.69, 9.17) is 9.15 Å². The predicted octanol–water partition coefficient (Wildman–Crippen LogP) is 3.82. The number of rotatable bonds is 7. The Labute approximate surface area is 162 Å². The van der Waals surface area contributed by atoms with Gasteiger partial charge in [-0.2, -0.15) is 0 Å². The first-order chi connectivity index (χ1) is 13.6. The van der Waals surface area contributed by atoms with E-state index < -0.39 is 6.03 Å². The third kappa shape index (κ3) is 5.91. The second-order valence-corrected chi connectivity index (χ2v) is 6.11. The monoisotopic (exact) mass is 379 g/mol. The lowest BCUT2D eigenvalue weighted by Gasteiger charge is -2.09. The third-order valence-corrected chi connectivity index (χ3v) is 3.78. The van der Waals surface area contributed by atoms with E-state index in [0.717, 1.165) is 11.3 Å². The Kier molecular flexibility index (Phi) is 6.30. The van der Waals surface area contributed by atoms with E-state index >= 15 is 0 Å². The largest absolute Gasteiger partial charge is 0.467 e. The fourth-order valence-corrected chi connectivity index (χ4v) is 2.43. The molecule has 1 aromatic heterocycles. The predicted molar refractivity (Wildman–Crippen MR) is 105 cm³/mol. The Morgan fingerprint density at radius 1 is 0.964 bits per heavy atom. The zero-order chi connectivity index (χ0) is 19.8. The zero-order valence-electron chi connectivity index (χ0n) is 15.4. The molecule has 0 saturated heterocycles.